The first-order valence-electron chi connectivity index (χ1n) is 12.9. The van der Waals surface area contributed by atoms with Crippen LogP contribution in [-0.2, 0) is 16.1 Å². The fourth-order valence-corrected chi connectivity index (χ4v) is 7.01. The maximum absolute atomic E-state index is 13.2. The van der Waals surface area contributed by atoms with Crippen molar-refractivity contribution in [3.63, 3.8) is 0 Å². The van der Waals surface area contributed by atoms with E-state index in [1.807, 2.05) is 0 Å². The summed E-state index contributed by atoms with van der Waals surface area (Å²) in [7, 11) is 0. The highest BCUT2D eigenvalue weighted by molar-refractivity contribution is 7.99. The Kier molecular flexibility index (Phi) is 11.9. The maximum atomic E-state index is 13.2. The molecule has 0 aromatic heterocycles. The van der Waals surface area contributed by atoms with Crippen LogP contribution in [0.1, 0.15) is 57.9 Å². The quantitative estimate of drug-likeness (QED) is 0.359. The Morgan fingerprint density at radius 3 is 2.60 bits per heavy atom. The van der Waals surface area contributed by atoms with Gasteiger partial charge >= 0.3 is 0 Å². The van der Waals surface area contributed by atoms with Crippen molar-refractivity contribution in [3.8, 4) is 0 Å². The van der Waals surface area contributed by atoms with Gasteiger partial charge in [0.2, 0.25) is 11.8 Å². The van der Waals surface area contributed by atoms with Gasteiger partial charge in [0.15, 0.2) is 0 Å². The predicted molar refractivity (Wildman–Crippen MR) is 147 cm³/mol. The molecular weight excluding hydrogens is 480 g/mol. The summed E-state index contributed by atoms with van der Waals surface area (Å²) in [6.45, 7) is 5.65. The fourth-order valence-electron chi connectivity index (χ4n) is 4.51. The molecule has 1 aromatic rings. The highest BCUT2D eigenvalue weighted by atomic mass is 32.2. The van der Waals surface area contributed by atoms with Crippen LogP contribution >= 0.6 is 23.5 Å². The summed E-state index contributed by atoms with van der Waals surface area (Å²) >= 11 is 3.56. The van der Waals surface area contributed by atoms with E-state index in [-0.39, 0.29) is 17.9 Å². The van der Waals surface area contributed by atoms with Gasteiger partial charge in [-0.05, 0) is 59.7 Å². The van der Waals surface area contributed by atoms with Gasteiger partial charge in [-0.2, -0.15) is 11.8 Å². The number of nitroso groups, excluding NO2 is 1. The second-order valence-electron chi connectivity index (χ2n) is 10.1. The summed E-state index contributed by atoms with van der Waals surface area (Å²) < 4.78 is 0. The van der Waals surface area contributed by atoms with Crippen LogP contribution in [0, 0.1) is 16.7 Å². The monoisotopic (exact) mass is 520 g/mol. The van der Waals surface area contributed by atoms with Crippen molar-refractivity contribution in [1.29, 1.82) is 0 Å². The molecule has 2 fully saturated rings. The highest BCUT2D eigenvalue weighted by Gasteiger charge is 2.33. The van der Waals surface area contributed by atoms with Gasteiger partial charge in [-0.1, -0.05) is 45.2 Å². The minimum Gasteiger partial charge on any atom is -0.350 e. The van der Waals surface area contributed by atoms with Crippen molar-refractivity contribution < 1.29 is 9.59 Å². The van der Waals surface area contributed by atoms with Crippen molar-refractivity contribution >= 4 is 41.0 Å². The molecule has 9 heteroatoms. The molecule has 3 rings (SSSR count). The van der Waals surface area contributed by atoms with Crippen LogP contribution in [0.3, 0.4) is 0 Å². The molecule has 1 saturated heterocycles. The average Bonchev–Trinajstić information content (AvgIpc) is 3.35. The number of carbonyl (C=O) groups excluding carboxylic acids is 2. The molecule has 1 aliphatic heterocycles. The van der Waals surface area contributed by atoms with E-state index in [0.717, 1.165) is 41.8 Å². The van der Waals surface area contributed by atoms with Gasteiger partial charge < -0.3 is 10.6 Å². The molecule has 2 amide bonds. The van der Waals surface area contributed by atoms with Gasteiger partial charge in [-0.25, -0.2) is 0 Å². The average molecular weight is 521 g/mol. The van der Waals surface area contributed by atoms with Crippen LogP contribution in [-0.4, -0.2) is 58.5 Å². The van der Waals surface area contributed by atoms with Crippen molar-refractivity contribution in [2.24, 2.45) is 17.0 Å². The summed E-state index contributed by atoms with van der Waals surface area (Å²) in [5, 5.41) is 8.98. The van der Waals surface area contributed by atoms with Crippen molar-refractivity contribution in [3.05, 3.63) is 34.7 Å². The molecule has 194 valence electrons. The standard InChI is InChI=1S/C26H40N4O3S2/c1-19(2)12-13-30-18-35-17-24(30)26(32)28-23(16-34-15-21-6-4-3-5-7-21)25(31)27-14-20-8-10-22(29-33)11-9-20/h8-11,19,21,23-24H,3-7,12-18H2,1-2H3,(H,27,31)(H,28,32)/t23-,24-/m0/s1. The first kappa shape index (κ1) is 28.0. The first-order valence-corrected chi connectivity index (χ1v) is 15.2. The summed E-state index contributed by atoms with van der Waals surface area (Å²) in [4.78, 5) is 39.2. The smallest absolute Gasteiger partial charge is 0.243 e. The molecule has 1 aromatic carbocycles. The molecule has 1 aliphatic carbocycles. The topological polar surface area (TPSA) is 90.9 Å². The normalized spacial score (nSPS) is 20.0. The Morgan fingerprint density at radius 1 is 1.17 bits per heavy atom. The molecule has 1 heterocycles. The zero-order chi connectivity index (χ0) is 25.0. The lowest BCUT2D eigenvalue weighted by molar-refractivity contribution is -0.130. The Bertz CT molecular complexity index is 815. The van der Waals surface area contributed by atoms with E-state index in [1.165, 1.54) is 32.1 Å². The Labute approximate surface area is 218 Å². The molecule has 35 heavy (non-hydrogen) atoms. The molecule has 0 unspecified atom stereocenters. The molecule has 7 nitrogen and oxygen atoms in total. The van der Waals surface area contributed by atoms with Gasteiger partial charge in [-0.3, -0.25) is 14.5 Å². The third kappa shape index (κ3) is 9.42. The molecule has 1 saturated carbocycles. The van der Waals surface area contributed by atoms with Crippen LogP contribution in [0.4, 0.5) is 5.69 Å². The number of carbonyl (C=O) groups is 2. The summed E-state index contributed by atoms with van der Waals surface area (Å²) in [6.07, 6.45) is 7.53. The summed E-state index contributed by atoms with van der Waals surface area (Å²) in [6, 6.07) is 6.09. The summed E-state index contributed by atoms with van der Waals surface area (Å²) in [5.74, 6) is 4.36. The van der Waals surface area contributed by atoms with Gasteiger partial charge in [0.25, 0.3) is 0 Å². The van der Waals surface area contributed by atoms with Gasteiger partial charge in [-0.15, -0.1) is 16.7 Å². The number of rotatable bonds is 13. The van der Waals surface area contributed by atoms with Crippen LogP contribution < -0.4 is 10.6 Å². The lowest BCUT2D eigenvalue weighted by Crippen LogP contribution is -2.54. The molecule has 2 atom stereocenters. The number of hydrogen-bond acceptors (Lipinski definition) is 7. The highest BCUT2D eigenvalue weighted by Crippen LogP contribution is 2.27. The number of nitrogens with one attached hydrogen (secondary N) is 2. The SMILES string of the molecule is CC(C)CCN1CSC[C@H]1C(=O)N[C@@H](CSCC1CCCCC1)C(=O)NCc1ccc(N=O)cc1. The number of benzene rings is 1. The van der Waals surface area contributed by atoms with E-state index in [4.69, 9.17) is 0 Å². The van der Waals surface area contributed by atoms with E-state index >= 15 is 0 Å². The van der Waals surface area contributed by atoms with Crippen molar-refractivity contribution in [2.45, 2.75) is 71.0 Å². The van der Waals surface area contributed by atoms with Gasteiger partial charge in [0, 0.05) is 30.5 Å². The van der Waals surface area contributed by atoms with E-state index < -0.39 is 6.04 Å². The maximum Gasteiger partial charge on any atom is 0.243 e. The van der Waals surface area contributed by atoms with E-state index in [9.17, 15) is 14.5 Å². The minimum atomic E-state index is -0.565. The second-order valence-corrected chi connectivity index (χ2v) is 12.2. The molecule has 0 bridgehead atoms. The summed E-state index contributed by atoms with van der Waals surface area (Å²) in [5.41, 5.74) is 1.25. The van der Waals surface area contributed by atoms with Crippen LogP contribution in [0.25, 0.3) is 0 Å². The number of amides is 2. The number of thioether (sulfide) groups is 2. The lowest BCUT2D eigenvalue weighted by atomic mass is 9.91. The molecule has 2 aliphatic rings. The van der Waals surface area contributed by atoms with Gasteiger partial charge in [0.05, 0.1) is 6.04 Å². The van der Waals surface area contributed by atoms with E-state index in [0.29, 0.717) is 23.9 Å². The molecule has 0 radical (unpaired) electrons. The Morgan fingerprint density at radius 2 is 1.91 bits per heavy atom. The zero-order valence-electron chi connectivity index (χ0n) is 21.0. The van der Waals surface area contributed by atoms with Crippen molar-refractivity contribution in [2.75, 3.05) is 29.7 Å². The lowest BCUT2D eigenvalue weighted by Gasteiger charge is -2.26. The largest absolute Gasteiger partial charge is 0.350 e. The third-order valence-electron chi connectivity index (χ3n) is 6.77. The fraction of sp³-hybridized carbons (Fsp3) is 0.692. The van der Waals surface area contributed by atoms with Crippen molar-refractivity contribution in [1.82, 2.24) is 15.5 Å². The molecule has 0 spiro atoms. The van der Waals surface area contributed by atoms with Gasteiger partial charge in [0.1, 0.15) is 11.7 Å². The third-order valence-corrected chi connectivity index (χ3v) is 9.12. The number of hydrogen-bond donors (Lipinski definition) is 2. The first-order chi connectivity index (χ1) is 17.0. The molecular formula is C26H40N4O3S2. The van der Waals surface area contributed by atoms with E-state index in [2.05, 4.69) is 34.6 Å². The zero-order valence-corrected chi connectivity index (χ0v) is 22.7. The minimum absolute atomic E-state index is 0.0430. The van der Waals surface area contributed by atoms with Crippen LogP contribution in [0.2, 0.25) is 0 Å². The number of nitrogens with zero attached hydrogens (tertiary/aromatic N) is 2. The van der Waals surface area contributed by atoms with Crippen LogP contribution in [0.5, 0.6) is 0 Å². The van der Waals surface area contributed by atoms with Crippen LogP contribution in [0.15, 0.2) is 29.4 Å². The Balaban J connectivity index is 1.57. The molecule has 2 N–H and O–H groups in total. The second kappa shape index (κ2) is 14.9. The van der Waals surface area contributed by atoms with E-state index in [1.54, 1.807) is 47.8 Å². The predicted octanol–water partition coefficient (Wildman–Crippen LogP) is 4.92. The Hall–Kier alpha value is -1.58.